The number of amides is 1. The number of hydrogen-bond acceptors (Lipinski definition) is 7. The topological polar surface area (TPSA) is 107 Å². The minimum absolute atomic E-state index is 0.0184. The first-order valence-electron chi connectivity index (χ1n) is 13.9. The second kappa shape index (κ2) is 14.3. The van der Waals surface area contributed by atoms with Gasteiger partial charge in [-0.05, 0) is 42.4 Å². The van der Waals surface area contributed by atoms with Gasteiger partial charge in [-0.1, -0.05) is 86.1 Å². The number of thioether (sulfide) groups is 1. The van der Waals surface area contributed by atoms with E-state index in [9.17, 15) is 18.0 Å². The average Bonchev–Trinajstić information content (AvgIpc) is 3.33. The molecule has 0 aliphatic rings. The van der Waals surface area contributed by atoms with Crippen molar-refractivity contribution in [1.29, 1.82) is 0 Å². The maximum Gasteiger partial charge on any atom is 0.357 e. The lowest BCUT2D eigenvalue weighted by atomic mass is 10.0. The molecule has 1 amide bonds. The van der Waals surface area contributed by atoms with Crippen molar-refractivity contribution in [2.45, 2.75) is 56.0 Å². The third kappa shape index (κ3) is 7.49. The fourth-order valence-electron chi connectivity index (χ4n) is 4.64. The monoisotopic (exact) mass is 605 g/mol. The van der Waals surface area contributed by atoms with E-state index >= 15 is 0 Å². The average molecular weight is 606 g/mol. The number of ether oxygens (including phenoxy) is 1. The third-order valence-electron chi connectivity index (χ3n) is 6.67. The van der Waals surface area contributed by atoms with E-state index in [1.165, 1.54) is 17.8 Å². The van der Waals surface area contributed by atoms with E-state index < -0.39 is 21.9 Å². The van der Waals surface area contributed by atoms with E-state index in [1.807, 2.05) is 41.2 Å². The number of carbonyl (C=O) groups excluding carboxylic acids is 2. The highest BCUT2D eigenvalue weighted by atomic mass is 32.2. The molecule has 4 rings (SSSR count). The largest absolute Gasteiger partial charge is 0.461 e. The van der Waals surface area contributed by atoms with E-state index in [-0.39, 0.29) is 17.9 Å². The van der Waals surface area contributed by atoms with Gasteiger partial charge in [0, 0.05) is 18.5 Å². The number of hydrogen-bond donors (Lipinski definition) is 1. The summed E-state index contributed by atoms with van der Waals surface area (Å²) in [4.78, 5) is 30.2. The molecule has 0 spiro atoms. The molecule has 0 saturated heterocycles. The molecule has 0 unspecified atom stereocenters. The molecule has 10 heteroatoms. The molecule has 0 atom stereocenters. The zero-order chi connectivity index (χ0) is 30.1. The highest BCUT2D eigenvalue weighted by Gasteiger charge is 2.25. The van der Waals surface area contributed by atoms with E-state index in [2.05, 4.69) is 11.6 Å². The number of sulfonamides is 1. The first-order chi connectivity index (χ1) is 20.3. The summed E-state index contributed by atoms with van der Waals surface area (Å²) in [5.74, 6) is -0.175. The zero-order valence-electron chi connectivity index (χ0n) is 24.0. The SMILES string of the molecule is CCCCc1nc(SC)c(C(=O)OCC)n1Cc1ccc(-c2ccccc2S(=O)(=O)NC(=O)Cc2ccccc2)cc1. The summed E-state index contributed by atoms with van der Waals surface area (Å²) in [6.45, 7) is 4.57. The standard InChI is InChI=1S/C32H35N3O5S2/c1-4-6-16-28-33-31(41-3)30(32(37)40-5-2)35(28)22-24-17-19-25(20-18-24)26-14-10-11-15-27(26)42(38,39)34-29(36)21-23-12-8-7-9-13-23/h7-15,17-20H,4-6,16,21-22H2,1-3H3,(H,34,36). The molecule has 0 aliphatic heterocycles. The number of nitrogens with zero attached hydrogens (tertiary/aromatic N) is 2. The Hall–Kier alpha value is -3.89. The summed E-state index contributed by atoms with van der Waals surface area (Å²) < 4.78 is 36.0. The fraction of sp³-hybridized carbons (Fsp3) is 0.281. The Labute approximate surface area is 251 Å². The highest BCUT2D eigenvalue weighted by molar-refractivity contribution is 7.98. The molecule has 3 aromatic carbocycles. The Morgan fingerprint density at radius 2 is 1.62 bits per heavy atom. The van der Waals surface area contributed by atoms with Crippen LogP contribution in [0.15, 0.2) is 88.8 Å². The van der Waals surface area contributed by atoms with Gasteiger partial charge in [0.05, 0.1) is 17.9 Å². The summed E-state index contributed by atoms with van der Waals surface area (Å²) in [5.41, 5.74) is 3.25. The van der Waals surface area contributed by atoms with Gasteiger partial charge in [-0.3, -0.25) is 4.79 Å². The molecule has 42 heavy (non-hydrogen) atoms. The van der Waals surface area contributed by atoms with Crippen LogP contribution in [0.5, 0.6) is 0 Å². The lowest BCUT2D eigenvalue weighted by Gasteiger charge is -2.14. The maximum absolute atomic E-state index is 13.3. The van der Waals surface area contributed by atoms with Crippen LogP contribution in [0.25, 0.3) is 11.1 Å². The lowest BCUT2D eigenvalue weighted by molar-refractivity contribution is -0.118. The molecule has 0 radical (unpaired) electrons. The van der Waals surface area contributed by atoms with E-state index in [0.717, 1.165) is 36.2 Å². The summed E-state index contributed by atoms with van der Waals surface area (Å²) in [6.07, 6.45) is 4.53. The molecule has 8 nitrogen and oxygen atoms in total. The van der Waals surface area contributed by atoms with Crippen LogP contribution >= 0.6 is 11.8 Å². The predicted octanol–water partition coefficient (Wildman–Crippen LogP) is 5.89. The number of benzene rings is 3. The molecular formula is C32H35N3O5S2. The van der Waals surface area contributed by atoms with Gasteiger partial charge in [-0.25, -0.2) is 22.9 Å². The summed E-state index contributed by atoms with van der Waals surface area (Å²) in [7, 11) is -4.12. The van der Waals surface area contributed by atoms with E-state index in [0.29, 0.717) is 28.4 Å². The minimum Gasteiger partial charge on any atom is -0.461 e. The van der Waals surface area contributed by atoms with Gasteiger partial charge in [-0.15, -0.1) is 11.8 Å². The molecule has 0 saturated carbocycles. The van der Waals surface area contributed by atoms with Crippen LogP contribution in [0.3, 0.4) is 0 Å². The zero-order valence-corrected chi connectivity index (χ0v) is 25.6. The normalized spacial score (nSPS) is 11.3. The third-order valence-corrected chi connectivity index (χ3v) is 8.77. The summed E-state index contributed by atoms with van der Waals surface area (Å²) in [5, 5.41) is 0.643. The molecule has 0 bridgehead atoms. The van der Waals surface area contributed by atoms with Gasteiger partial charge in [0.25, 0.3) is 10.0 Å². The molecule has 1 aromatic heterocycles. The summed E-state index contributed by atoms with van der Waals surface area (Å²) in [6, 6.07) is 23.1. The van der Waals surface area contributed by atoms with Gasteiger partial charge in [0.2, 0.25) is 5.91 Å². The Balaban J connectivity index is 1.60. The second-order valence-electron chi connectivity index (χ2n) is 9.68. The number of nitrogens with one attached hydrogen (secondary N) is 1. The van der Waals surface area contributed by atoms with Crippen molar-refractivity contribution < 1.29 is 22.7 Å². The minimum atomic E-state index is -4.12. The smallest absolute Gasteiger partial charge is 0.357 e. The Bertz CT molecular complexity index is 1630. The van der Waals surface area contributed by atoms with Crippen LogP contribution in [0.1, 0.15) is 54.1 Å². The van der Waals surface area contributed by atoms with Crippen LogP contribution in [0, 0.1) is 0 Å². The molecular weight excluding hydrogens is 571 g/mol. The Morgan fingerprint density at radius 1 is 0.929 bits per heavy atom. The van der Waals surface area contributed by atoms with E-state index in [1.54, 1.807) is 49.4 Å². The number of imidazole rings is 1. The Kier molecular flexibility index (Phi) is 10.6. The van der Waals surface area contributed by atoms with Crippen molar-refractivity contribution in [3.05, 3.63) is 102 Å². The van der Waals surface area contributed by atoms with E-state index in [4.69, 9.17) is 9.72 Å². The lowest BCUT2D eigenvalue weighted by Crippen LogP contribution is -2.32. The number of aromatic nitrogens is 2. The van der Waals surface area contributed by atoms with Crippen LogP contribution in [-0.4, -0.2) is 42.7 Å². The van der Waals surface area contributed by atoms with Crippen LogP contribution in [-0.2, 0) is 38.9 Å². The van der Waals surface area contributed by atoms with Crippen molar-refractivity contribution in [3.8, 4) is 11.1 Å². The van der Waals surface area contributed by atoms with Crippen molar-refractivity contribution >= 4 is 33.7 Å². The van der Waals surface area contributed by atoms with Gasteiger partial charge in [0.15, 0.2) is 5.69 Å². The number of esters is 1. The highest BCUT2D eigenvalue weighted by Crippen LogP contribution is 2.29. The van der Waals surface area contributed by atoms with Gasteiger partial charge in [0.1, 0.15) is 10.9 Å². The van der Waals surface area contributed by atoms with Gasteiger partial charge >= 0.3 is 5.97 Å². The number of unbranched alkanes of at least 4 members (excludes halogenated alkanes) is 1. The molecule has 220 valence electrons. The Morgan fingerprint density at radius 3 is 2.29 bits per heavy atom. The first kappa shape index (κ1) is 31.1. The van der Waals surface area contributed by atoms with Crippen molar-refractivity contribution in [2.24, 2.45) is 0 Å². The van der Waals surface area contributed by atoms with Crippen molar-refractivity contribution in [1.82, 2.24) is 14.3 Å². The predicted molar refractivity (Wildman–Crippen MR) is 165 cm³/mol. The maximum atomic E-state index is 13.3. The molecule has 4 aromatic rings. The molecule has 1 heterocycles. The summed E-state index contributed by atoms with van der Waals surface area (Å²) >= 11 is 1.42. The van der Waals surface area contributed by atoms with Crippen LogP contribution < -0.4 is 4.72 Å². The number of rotatable bonds is 13. The number of aryl methyl sites for hydroxylation is 1. The van der Waals surface area contributed by atoms with Crippen molar-refractivity contribution in [3.63, 3.8) is 0 Å². The quantitative estimate of drug-likeness (QED) is 0.150. The second-order valence-corrected chi connectivity index (χ2v) is 12.1. The molecule has 0 fully saturated rings. The number of carbonyl (C=O) groups is 2. The molecule has 0 aliphatic carbocycles. The first-order valence-corrected chi connectivity index (χ1v) is 16.6. The fourth-order valence-corrected chi connectivity index (χ4v) is 6.44. The van der Waals surface area contributed by atoms with Crippen molar-refractivity contribution in [2.75, 3.05) is 12.9 Å². The van der Waals surface area contributed by atoms with Gasteiger partial charge < -0.3 is 9.30 Å². The molecule has 1 N–H and O–H groups in total. The van der Waals surface area contributed by atoms with Crippen LogP contribution in [0.4, 0.5) is 0 Å². The van der Waals surface area contributed by atoms with Gasteiger partial charge in [-0.2, -0.15) is 0 Å². The van der Waals surface area contributed by atoms with Crippen LogP contribution in [0.2, 0.25) is 0 Å².